The first-order valence-electron chi connectivity index (χ1n) is 5.62. The summed E-state index contributed by atoms with van der Waals surface area (Å²) in [6, 6.07) is 2.25. The molecular formula is C11H16N2O2S. The summed E-state index contributed by atoms with van der Waals surface area (Å²) >= 11 is 1.20. The minimum atomic E-state index is -0.327. The Morgan fingerprint density at radius 1 is 1.62 bits per heavy atom. The van der Waals surface area contributed by atoms with Gasteiger partial charge in [-0.1, -0.05) is 24.7 Å². The van der Waals surface area contributed by atoms with Crippen LogP contribution >= 0.6 is 11.3 Å². The van der Waals surface area contributed by atoms with E-state index in [1.165, 1.54) is 30.6 Å². The molecule has 5 heteroatoms. The Balaban J connectivity index is 1.87. The van der Waals surface area contributed by atoms with Crippen molar-refractivity contribution in [1.29, 1.82) is 0 Å². The normalized spacial score (nSPS) is 24.8. The van der Waals surface area contributed by atoms with E-state index >= 15 is 0 Å². The van der Waals surface area contributed by atoms with Crippen LogP contribution in [0.5, 0.6) is 0 Å². The summed E-state index contributed by atoms with van der Waals surface area (Å²) in [5.74, 6) is 0.730. The number of hydrogen-bond donors (Lipinski definition) is 1. The molecule has 0 saturated heterocycles. The van der Waals surface area contributed by atoms with E-state index < -0.39 is 0 Å². The van der Waals surface area contributed by atoms with Gasteiger partial charge in [-0.2, -0.15) is 0 Å². The first-order chi connectivity index (χ1) is 7.66. The molecular weight excluding hydrogens is 224 g/mol. The van der Waals surface area contributed by atoms with Gasteiger partial charge in [0, 0.05) is 24.0 Å². The fourth-order valence-corrected chi connectivity index (χ4v) is 2.98. The van der Waals surface area contributed by atoms with Crippen molar-refractivity contribution in [3.05, 3.63) is 27.1 Å². The zero-order chi connectivity index (χ0) is 11.5. The molecule has 1 heterocycles. The Morgan fingerprint density at radius 2 is 2.44 bits per heavy atom. The molecule has 16 heavy (non-hydrogen) atoms. The van der Waals surface area contributed by atoms with Crippen LogP contribution in [0.4, 0.5) is 5.00 Å². The Kier molecular flexibility index (Phi) is 3.56. The third-order valence-electron chi connectivity index (χ3n) is 3.25. The Morgan fingerprint density at radius 3 is 3.00 bits per heavy atom. The van der Waals surface area contributed by atoms with E-state index in [1.807, 2.05) is 5.38 Å². The van der Waals surface area contributed by atoms with Gasteiger partial charge in [-0.3, -0.25) is 10.1 Å². The van der Waals surface area contributed by atoms with Gasteiger partial charge in [-0.05, 0) is 24.3 Å². The molecule has 2 atom stereocenters. The van der Waals surface area contributed by atoms with Crippen LogP contribution in [-0.2, 0) is 6.54 Å². The summed E-state index contributed by atoms with van der Waals surface area (Å²) < 4.78 is 0. The Bertz CT molecular complexity index is 378. The molecule has 1 aliphatic rings. The smallest absolute Gasteiger partial charge is 0.310 e. The van der Waals surface area contributed by atoms with Crippen LogP contribution in [0, 0.1) is 16.0 Å². The fourth-order valence-electron chi connectivity index (χ4n) is 2.25. The largest absolute Gasteiger partial charge is 0.324 e. The standard InChI is InChI=1S/C11H16N2O2S/c1-8-3-2-4-10(8)12-6-9-5-11(13(14)15)16-7-9/h5,7-8,10,12H,2-4,6H2,1H3. The van der Waals surface area contributed by atoms with Gasteiger partial charge in [0.25, 0.3) is 0 Å². The van der Waals surface area contributed by atoms with Crippen LogP contribution < -0.4 is 5.32 Å². The molecule has 1 aliphatic carbocycles. The molecule has 0 radical (unpaired) electrons. The van der Waals surface area contributed by atoms with Gasteiger partial charge in [-0.25, -0.2) is 0 Å². The van der Waals surface area contributed by atoms with Gasteiger partial charge in [0.2, 0.25) is 0 Å². The molecule has 0 aliphatic heterocycles. The monoisotopic (exact) mass is 240 g/mol. The van der Waals surface area contributed by atoms with Crippen molar-refractivity contribution in [2.75, 3.05) is 0 Å². The maximum absolute atomic E-state index is 10.5. The summed E-state index contributed by atoms with van der Waals surface area (Å²) in [5.41, 5.74) is 1.02. The summed E-state index contributed by atoms with van der Waals surface area (Å²) in [6.07, 6.45) is 3.82. The lowest BCUT2D eigenvalue weighted by atomic mass is 10.1. The average molecular weight is 240 g/mol. The molecule has 0 amide bonds. The number of hydrogen-bond acceptors (Lipinski definition) is 4. The van der Waals surface area contributed by atoms with Crippen LogP contribution in [-0.4, -0.2) is 11.0 Å². The van der Waals surface area contributed by atoms with Crippen LogP contribution in [0.3, 0.4) is 0 Å². The molecule has 88 valence electrons. The van der Waals surface area contributed by atoms with Gasteiger partial charge >= 0.3 is 5.00 Å². The first-order valence-corrected chi connectivity index (χ1v) is 6.50. The average Bonchev–Trinajstić information content (AvgIpc) is 2.83. The number of nitrogens with one attached hydrogen (secondary N) is 1. The van der Waals surface area contributed by atoms with Crippen LogP contribution in [0.2, 0.25) is 0 Å². The van der Waals surface area contributed by atoms with Crippen molar-refractivity contribution in [3.8, 4) is 0 Å². The number of nitrogens with zero attached hydrogens (tertiary/aromatic N) is 1. The number of thiophene rings is 1. The van der Waals surface area contributed by atoms with Gasteiger partial charge in [0.15, 0.2) is 0 Å². The second-order valence-electron chi connectivity index (χ2n) is 4.45. The van der Waals surface area contributed by atoms with Crippen molar-refractivity contribution in [2.45, 2.75) is 38.8 Å². The third-order valence-corrected chi connectivity index (χ3v) is 4.18. The van der Waals surface area contributed by atoms with Crippen molar-refractivity contribution in [3.63, 3.8) is 0 Å². The molecule has 0 bridgehead atoms. The van der Waals surface area contributed by atoms with Gasteiger partial charge in [0.1, 0.15) is 0 Å². The van der Waals surface area contributed by atoms with E-state index in [0.29, 0.717) is 6.04 Å². The fraction of sp³-hybridized carbons (Fsp3) is 0.636. The second kappa shape index (κ2) is 4.93. The minimum absolute atomic E-state index is 0.233. The molecule has 1 fully saturated rings. The maximum atomic E-state index is 10.5. The minimum Gasteiger partial charge on any atom is -0.310 e. The first kappa shape index (κ1) is 11.5. The van der Waals surface area contributed by atoms with E-state index in [-0.39, 0.29) is 9.92 Å². The highest BCUT2D eigenvalue weighted by atomic mass is 32.1. The number of nitro groups is 1. The zero-order valence-corrected chi connectivity index (χ0v) is 10.1. The molecule has 0 aromatic carbocycles. The number of rotatable bonds is 4. The highest BCUT2D eigenvalue weighted by molar-refractivity contribution is 7.13. The van der Waals surface area contributed by atoms with Crippen LogP contribution in [0.1, 0.15) is 31.7 Å². The highest BCUT2D eigenvalue weighted by Gasteiger charge is 2.22. The summed E-state index contributed by atoms with van der Waals surface area (Å²) in [6.45, 7) is 3.01. The van der Waals surface area contributed by atoms with Gasteiger partial charge < -0.3 is 5.32 Å². The Hall–Kier alpha value is -0.940. The quantitative estimate of drug-likeness (QED) is 0.650. The van der Waals surface area contributed by atoms with Crippen molar-refractivity contribution in [1.82, 2.24) is 5.32 Å². The highest BCUT2D eigenvalue weighted by Crippen LogP contribution is 2.26. The van der Waals surface area contributed by atoms with Crippen LogP contribution in [0.15, 0.2) is 11.4 Å². The molecule has 1 aromatic heterocycles. The zero-order valence-electron chi connectivity index (χ0n) is 9.31. The molecule has 2 rings (SSSR count). The summed E-state index contributed by atoms with van der Waals surface area (Å²) in [7, 11) is 0. The van der Waals surface area contributed by atoms with Crippen molar-refractivity contribution < 1.29 is 4.92 Å². The second-order valence-corrected chi connectivity index (χ2v) is 5.34. The topological polar surface area (TPSA) is 55.2 Å². The maximum Gasteiger partial charge on any atom is 0.324 e. The molecule has 1 aromatic rings. The molecule has 2 unspecified atom stereocenters. The van der Waals surface area contributed by atoms with E-state index in [4.69, 9.17) is 0 Å². The van der Waals surface area contributed by atoms with E-state index in [0.717, 1.165) is 18.0 Å². The van der Waals surface area contributed by atoms with Gasteiger partial charge in [0.05, 0.1) is 4.92 Å². The third kappa shape index (κ3) is 2.59. The SMILES string of the molecule is CC1CCCC1NCc1csc([N+](=O)[O-])c1. The summed E-state index contributed by atoms with van der Waals surface area (Å²) in [4.78, 5) is 10.2. The molecule has 1 N–H and O–H groups in total. The van der Waals surface area contributed by atoms with Crippen LogP contribution in [0.25, 0.3) is 0 Å². The molecule has 4 nitrogen and oxygen atoms in total. The lowest BCUT2D eigenvalue weighted by Gasteiger charge is -2.16. The van der Waals surface area contributed by atoms with Crippen molar-refractivity contribution in [2.24, 2.45) is 5.92 Å². The predicted octanol–water partition coefficient (Wildman–Crippen LogP) is 2.93. The lowest BCUT2D eigenvalue weighted by Crippen LogP contribution is -2.30. The Labute approximate surface area is 98.8 Å². The summed E-state index contributed by atoms with van der Waals surface area (Å²) in [5, 5.41) is 16.1. The van der Waals surface area contributed by atoms with E-state index in [1.54, 1.807) is 6.07 Å². The van der Waals surface area contributed by atoms with E-state index in [2.05, 4.69) is 12.2 Å². The predicted molar refractivity (Wildman–Crippen MR) is 64.6 cm³/mol. The molecule has 0 spiro atoms. The lowest BCUT2D eigenvalue weighted by molar-refractivity contribution is -0.380. The molecule has 1 saturated carbocycles. The van der Waals surface area contributed by atoms with E-state index in [9.17, 15) is 10.1 Å². The van der Waals surface area contributed by atoms with Gasteiger partial charge in [-0.15, -0.1) is 0 Å². The van der Waals surface area contributed by atoms with Crippen molar-refractivity contribution >= 4 is 16.3 Å².